The summed E-state index contributed by atoms with van der Waals surface area (Å²) in [6.07, 6.45) is 0. The van der Waals surface area contributed by atoms with Crippen molar-refractivity contribution in [1.82, 2.24) is 15.3 Å². The van der Waals surface area contributed by atoms with Crippen molar-refractivity contribution in [2.45, 2.75) is 20.4 Å². The fourth-order valence-corrected chi connectivity index (χ4v) is 2.70. The highest BCUT2D eigenvalue weighted by atomic mass is 32.1. The van der Waals surface area contributed by atoms with Gasteiger partial charge in [-0.2, -0.15) is 0 Å². The number of H-pyrrole nitrogens is 1. The predicted molar refractivity (Wildman–Crippen MR) is 87.5 cm³/mol. The monoisotopic (exact) mass is 329 g/mol. The molecule has 0 saturated carbocycles. The van der Waals surface area contributed by atoms with Crippen LogP contribution < -0.4 is 10.9 Å². The number of aryl methyl sites for hydroxylation is 2. The number of carbonyl (C=O) groups is 1. The lowest BCUT2D eigenvalue weighted by Crippen LogP contribution is -2.29. The third-order valence-corrected chi connectivity index (χ3v) is 4.03. The number of amides is 1. The van der Waals surface area contributed by atoms with Gasteiger partial charge in [-0.25, -0.2) is 4.98 Å². The van der Waals surface area contributed by atoms with E-state index in [1.807, 2.05) is 18.4 Å². The Morgan fingerprint density at radius 2 is 2.13 bits per heavy atom. The molecule has 3 aromatic rings. The van der Waals surface area contributed by atoms with Crippen molar-refractivity contribution >= 4 is 17.2 Å². The molecule has 3 rings (SSSR count). The second kappa shape index (κ2) is 6.21. The fraction of sp³-hybridized carbons (Fsp3) is 0.188. The van der Waals surface area contributed by atoms with Crippen molar-refractivity contribution < 1.29 is 9.21 Å². The van der Waals surface area contributed by atoms with E-state index >= 15 is 0 Å². The molecule has 0 aliphatic rings. The predicted octanol–water partition coefficient (Wildman–Crippen LogP) is 2.64. The van der Waals surface area contributed by atoms with Gasteiger partial charge >= 0.3 is 0 Å². The van der Waals surface area contributed by atoms with Gasteiger partial charge < -0.3 is 14.7 Å². The van der Waals surface area contributed by atoms with E-state index in [-0.39, 0.29) is 12.1 Å². The highest BCUT2D eigenvalue weighted by Crippen LogP contribution is 2.23. The first-order valence-corrected chi connectivity index (χ1v) is 7.90. The first kappa shape index (κ1) is 15.2. The molecule has 0 saturated heterocycles. The Morgan fingerprint density at radius 1 is 1.30 bits per heavy atom. The number of nitrogens with one attached hydrogen (secondary N) is 2. The Labute approximate surface area is 136 Å². The molecule has 6 nitrogen and oxygen atoms in total. The Balaban J connectivity index is 1.68. The van der Waals surface area contributed by atoms with Crippen LogP contribution >= 0.6 is 11.3 Å². The molecule has 23 heavy (non-hydrogen) atoms. The topological polar surface area (TPSA) is 88.0 Å². The molecule has 0 radical (unpaired) electrons. The zero-order chi connectivity index (χ0) is 16.4. The number of furan rings is 1. The number of hydrogen-bond acceptors (Lipinski definition) is 5. The van der Waals surface area contributed by atoms with Crippen LogP contribution in [0.3, 0.4) is 0 Å². The SMILES string of the molecule is Cc1ccc(C(=O)NCc2ccc(-c3csc(C)n3)o2)c(=O)[nH]1. The van der Waals surface area contributed by atoms with Gasteiger partial charge in [0, 0.05) is 11.1 Å². The van der Waals surface area contributed by atoms with Crippen LogP contribution in [0.4, 0.5) is 0 Å². The molecule has 0 fully saturated rings. The third-order valence-electron chi connectivity index (χ3n) is 3.26. The molecule has 0 bridgehead atoms. The van der Waals surface area contributed by atoms with E-state index < -0.39 is 11.5 Å². The van der Waals surface area contributed by atoms with Gasteiger partial charge in [-0.15, -0.1) is 11.3 Å². The number of carbonyl (C=O) groups excluding carboxylic acids is 1. The summed E-state index contributed by atoms with van der Waals surface area (Å²) in [5.74, 6) is 0.822. The van der Waals surface area contributed by atoms with E-state index in [9.17, 15) is 9.59 Å². The van der Waals surface area contributed by atoms with Crippen LogP contribution in [-0.4, -0.2) is 15.9 Å². The van der Waals surface area contributed by atoms with Gasteiger partial charge in [0.25, 0.3) is 11.5 Å². The summed E-state index contributed by atoms with van der Waals surface area (Å²) in [7, 11) is 0. The minimum atomic E-state index is -0.436. The molecule has 3 aromatic heterocycles. The third kappa shape index (κ3) is 3.40. The maximum absolute atomic E-state index is 12.0. The molecule has 0 aliphatic carbocycles. The van der Waals surface area contributed by atoms with Gasteiger partial charge in [0.1, 0.15) is 17.0 Å². The lowest BCUT2D eigenvalue weighted by molar-refractivity contribution is 0.0946. The van der Waals surface area contributed by atoms with Crippen molar-refractivity contribution in [2.24, 2.45) is 0 Å². The van der Waals surface area contributed by atoms with Crippen LogP contribution in [-0.2, 0) is 6.54 Å². The van der Waals surface area contributed by atoms with Crippen molar-refractivity contribution in [2.75, 3.05) is 0 Å². The number of nitrogens with zero attached hydrogens (tertiary/aromatic N) is 1. The van der Waals surface area contributed by atoms with Gasteiger partial charge in [0.2, 0.25) is 0 Å². The molecule has 118 valence electrons. The quantitative estimate of drug-likeness (QED) is 0.770. The second-order valence-electron chi connectivity index (χ2n) is 5.08. The lowest BCUT2D eigenvalue weighted by atomic mass is 10.2. The van der Waals surface area contributed by atoms with E-state index in [2.05, 4.69) is 15.3 Å². The molecule has 1 amide bonds. The van der Waals surface area contributed by atoms with Crippen LogP contribution in [0.15, 0.2) is 38.9 Å². The van der Waals surface area contributed by atoms with Crippen molar-refractivity contribution in [1.29, 1.82) is 0 Å². The number of aromatic nitrogens is 2. The summed E-state index contributed by atoms with van der Waals surface area (Å²) < 4.78 is 5.66. The smallest absolute Gasteiger partial charge is 0.260 e. The number of thiazole rings is 1. The average molecular weight is 329 g/mol. The normalized spacial score (nSPS) is 10.7. The maximum atomic E-state index is 12.0. The van der Waals surface area contributed by atoms with Crippen molar-refractivity contribution in [3.63, 3.8) is 0 Å². The maximum Gasteiger partial charge on any atom is 0.260 e. The summed E-state index contributed by atoms with van der Waals surface area (Å²) in [4.78, 5) is 30.7. The van der Waals surface area contributed by atoms with Crippen LogP contribution in [0.25, 0.3) is 11.5 Å². The summed E-state index contributed by atoms with van der Waals surface area (Å²) in [6.45, 7) is 3.89. The molecule has 0 atom stereocenters. The Bertz CT molecular complexity index is 907. The molecule has 0 aliphatic heterocycles. The Hall–Kier alpha value is -2.67. The number of hydrogen-bond donors (Lipinski definition) is 2. The summed E-state index contributed by atoms with van der Waals surface area (Å²) >= 11 is 1.55. The Kier molecular flexibility index (Phi) is 4.12. The zero-order valence-corrected chi connectivity index (χ0v) is 13.5. The summed E-state index contributed by atoms with van der Waals surface area (Å²) in [5, 5.41) is 5.56. The van der Waals surface area contributed by atoms with Crippen molar-refractivity contribution in [3.05, 3.63) is 62.0 Å². The van der Waals surface area contributed by atoms with Crippen molar-refractivity contribution in [3.8, 4) is 11.5 Å². The molecule has 0 unspecified atom stereocenters. The molecule has 0 aromatic carbocycles. The lowest BCUT2D eigenvalue weighted by Gasteiger charge is -2.03. The van der Waals surface area contributed by atoms with Gasteiger partial charge in [-0.3, -0.25) is 9.59 Å². The molecular weight excluding hydrogens is 314 g/mol. The van der Waals surface area contributed by atoms with Gasteiger partial charge in [0.05, 0.1) is 11.6 Å². The summed E-state index contributed by atoms with van der Waals surface area (Å²) in [5.41, 5.74) is 1.17. The van der Waals surface area contributed by atoms with E-state index in [0.717, 1.165) is 10.7 Å². The minimum absolute atomic E-state index is 0.0810. The van der Waals surface area contributed by atoms with Gasteiger partial charge in [-0.1, -0.05) is 0 Å². The van der Waals surface area contributed by atoms with E-state index in [1.165, 1.54) is 6.07 Å². The molecule has 0 spiro atoms. The van der Waals surface area contributed by atoms with E-state index in [4.69, 9.17) is 4.42 Å². The second-order valence-corrected chi connectivity index (χ2v) is 6.15. The van der Waals surface area contributed by atoms with Crippen LogP contribution in [0.1, 0.15) is 26.8 Å². The molecule has 2 N–H and O–H groups in total. The van der Waals surface area contributed by atoms with Gasteiger partial charge in [0.15, 0.2) is 5.76 Å². The molecular formula is C16H15N3O3S. The van der Waals surface area contributed by atoms with Crippen LogP contribution in [0.2, 0.25) is 0 Å². The summed E-state index contributed by atoms with van der Waals surface area (Å²) in [6, 6.07) is 6.79. The van der Waals surface area contributed by atoms with E-state index in [1.54, 1.807) is 30.4 Å². The standard InChI is InChI=1S/C16H15N3O3S/c1-9-3-5-12(16(21)18-9)15(20)17-7-11-4-6-14(22-11)13-8-23-10(2)19-13/h3-6,8H,7H2,1-2H3,(H,17,20)(H,18,21). The molecule has 7 heteroatoms. The van der Waals surface area contributed by atoms with Gasteiger partial charge in [-0.05, 0) is 38.1 Å². The minimum Gasteiger partial charge on any atom is -0.458 e. The largest absolute Gasteiger partial charge is 0.458 e. The highest BCUT2D eigenvalue weighted by Gasteiger charge is 2.12. The highest BCUT2D eigenvalue weighted by molar-refractivity contribution is 7.09. The van der Waals surface area contributed by atoms with Crippen LogP contribution in [0.5, 0.6) is 0 Å². The first-order valence-electron chi connectivity index (χ1n) is 7.02. The number of aromatic amines is 1. The average Bonchev–Trinajstić information content (AvgIpc) is 3.13. The zero-order valence-electron chi connectivity index (χ0n) is 12.7. The van der Waals surface area contributed by atoms with Crippen LogP contribution in [0, 0.1) is 13.8 Å². The molecule has 3 heterocycles. The first-order chi connectivity index (χ1) is 11.0. The van der Waals surface area contributed by atoms with E-state index in [0.29, 0.717) is 17.2 Å². The number of rotatable bonds is 4. The number of pyridine rings is 1. The fourth-order valence-electron chi connectivity index (χ4n) is 2.10. The Morgan fingerprint density at radius 3 is 2.83 bits per heavy atom.